The highest BCUT2D eigenvalue weighted by Gasteiger charge is 2.32. The number of carbonyl (C=O) groups is 1. The number of rotatable bonds is 4. The van der Waals surface area contributed by atoms with E-state index in [9.17, 15) is 21.6 Å². The Bertz CT molecular complexity index is 762. The third kappa shape index (κ3) is 3.46. The Labute approximate surface area is 128 Å². The maximum Gasteiger partial charge on any atom is 0.306 e. The van der Waals surface area contributed by atoms with Crippen molar-refractivity contribution in [2.45, 2.75) is 22.6 Å². The molecule has 10 heteroatoms. The number of primary sulfonamides is 1. The average Bonchev–Trinajstić information content (AvgIpc) is 2.46. The largest absolute Gasteiger partial charge is 0.481 e. The molecule has 122 valence electrons. The number of nitrogens with two attached hydrogens (primary N) is 1. The molecule has 0 radical (unpaired) electrons. The van der Waals surface area contributed by atoms with Gasteiger partial charge in [0, 0.05) is 13.1 Å². The quantitative estimate of drug-likeness (QED) is 0.775. The summed E-state index contributed by atoms with van der Waals surface area (Å²) in [6.45, 7) is 0.243. The summed E-state index contributed by atoms with van der Waals surface area (Å²) in [5.41, 5.74) is 0. The molecule has 0 bridgehead atoms. The van der Waals surface area contributed by atoms with E-state index in [2.05, 4.69) is 0 Å². The minimum absolute atomic E-state index is 0.0475. The second kappa shape index (κ2) is 5.95. The molecule has 1 fully saturated rings. The SMILES string of the molecule is NS(=O)(=O)c1ccc(S(=O)(=O)N2CCC(C(=O)O)CC2)cc1. The monoisotopic (exact) mass is 348 g/mol. The van der Waals surface area contributed by atoms with Crippen LogP contribution in [0.4, 0.5) is 0 Å². The second-order valence-electron chi connectivity index (χ2n) is 5.03. The molecule has 1 heterocycles. The van der Waals surface area contributed by atoms with E-state index in [0.29, 0.717) is 0 Å². The van der Waals surface area contributed by atoms with Gasteiger partial charge in [0.25, 0.3) is 0 Å². The lowest BCUT2D eigenvalue weighted by Crippen LogP contribution is -2.40. The molecule has 0 amide bonds. The van der Waals surface area contributed by atoms with Crippen molar-refractivity contribution in [1.29, 1.82) is 0 Å². The molecule has 22 heavy (non-hydrogen) atoms. The van der Waals surface area contributed by atoms with Gasteiger partial charge >= 0.3 is 5.97 Å². The van der Waals surface area contributed by atoms with Crippen molar-refractivity contribution >= 4 is 26.0 Å². The molecule has 0 atom stereocenters. The summed E-state index contributed by atoms with van der Waals surface area (Å²) < 4.78 is 48.4. The first kappa shape index (κ1) is 16.9. The van der Waals surface area contributed by atoms with E-state index in [-0.39, 0.29) is 35.7 Å². The maximum absolute atomic E-state index is 12.4. The lowest BCUT2D eigenvalue weighted by molar-refractivity contribution is -0.142. The molecule has 1 aromatic rings. The second-order valence-corrected chi connectivity index (χ2v) is 8.53. The van der Waals surface area contributed by atoms with Crippen molar-refractivity contribution in [3.8, 4) is 0 Å². The van der Waals surface area contributed by atoms with Gasteiger partial charge in [-0.15, -0.1) is 0 Å². The zero-order valence-electron chi connectivity index (χ0n) is 11.5. The minimum Gasteiger partial charge on any atom is -0.481 e. The van der Waals surface area contributed by atoms with Crippen LogP contribution in [-0.4, -0.2) is 45.3 Å². The summed E-state index contributed by atoms with van der Waals surface area (Å²) >= 11 is 0. The Morgan fingerprint density at radius 1 is 1.05 bits per heavy atom. The molecule has 0 aromatic heterocycles. The van der Waals surface area contributed by atoms with Crippen molar-refractivity contribution in [3.05, 3.63) is 24.3 Å². The maximum atomic E-state index is 12.4. The number of carboxylic acid groups (broad SMARTS) is 1. The molecule has 0 unspecified atom stereocenters. The van der Waals surface area contributed by atoms with Crippen LogP contribution in [-0.2, 0) is 24.8 Å². The lowest BCUT2D eigenvalue weighted by atomic mass is 9.99. The fourth-order valence-electron chi connectivity index (χ4n) is 2.29. The first-order valence-electron chi connectivity index (χ1n) is 6.48. The first-order chi connectivity index (χ1) is 10.1. The number of piperidine rings is 1. The lowest BCUT2D eigenvalue weighted by Gasteiger charge is -2.29. The van der Waals surface area contributed by atoms with Gasteiger partial charge in [-0.25, -0.2) is 22.0 Å². The summed E-state index contributed by atoms with van der Waals surface area (Å²) in [4.78, 5) is 10.7. The van der Waals surface area contributed by atoms with Gasteiger partial charge in [0.1, 0.15) is 0 Å². The van der Waals surface area contributed by atoms with Gasteiger partial charge in [-0.1, -0.05) is 0 Å². The van der Waals surface area contributed by atoms with Crippen LogP contribution in [0.25, 0.3) is 0 Å². The summed E-state index contributed by atoms with van der Waals surface area (Å²) in [5.74, 6) is -1.45. The first-order valence-corrected chi connectivity index (χ1v) is 9.47. The fourth-order valence-corrected chi connectivity index (χ4v) is 4.28. The number of carboxylic acids is 1. The Kier molecular flexibility index (Phi) is 4.57. The summed E-state index contributed by atoms with van der Waals surface area (Å²) in [6.07, 6.45) is 0.508. The predicted octanol–water partition coefficient (Wildman–Crippen LogP) is -0.181. The van der Waals surface area contributed by atoms with Gasteiger partial charge in [-0.3, -0.25) is 4.79 Å². The number of hydrogen-bond donors (Lipinski definition) is 2. The molecule has 3 N–H and O–H groups in total. The normalized spacial score (nSPS) is 18.2. The molecule has 1 aromatic carbocycles. The van der Waals surface area contributed by atoms with E-state index in [1.54, 1.807) is 0 Å². The minimum atomic E-state index is -3.88. The highest BCUT2D eigenvalue weighted by molar-refractivity contribution is 7.89. The van der Waals surface area contributed by atoms with Crippen LogP contribution in [0.15, 0.2) is 34.1 Å². The Hall–Kier alpha value is -1.49. The third-order valence-electron chi connectivity index (χ3n) is 3.59. The molecule has 1 saturated heterocycles. The highest BCUT2D eigenvalue weighted by atomic mass is 32.2. The van der Waals surface area contributed by atoms with Gasteiger partial charge < -0.3 is 5.11 Å². The van der Waals surface area contributed by atoms with Crippen LogP contribution < -0.4 is 5.14 Å². The smallest absolute Gasteiger partial charge is 0.306 e. The van der Waals surface area contributed by atoms with Crippen molar-refractivity contribution in [3.63, 3.8) is 0 Å². The van der Waals surface area contributed by atoms with Gasteiger partial charge in [0.05, 0.1) is 15.7 Å². The average molecular weight is 348 g/mol. The zero-order valence-corrected chi connectivity index (χ0v) is 13.2. The van der Waals surface area contributed by atoms with E-state index >= 15 is 0 Å². The Balaban J connectivity index is 2.19. The van der Waals surface area contributed by atoms with Gasteiger partial charge in [-0.2, -0.15) is 4.31 Å². The van der Waals surface area contributed by atoms with E-state index < -0.39 is 31.9 Å². The molecular formula is C12H16N2O6S2. The summed E-state index contributed by atoms with van der Waals surface area (Å²) in [7, 11) is -7.65. The molecule has 0 saturated carbocycles. The topological polar surface area (TPSA) is 135 Å². The van der Waals surface area contributed by atoms with Gasteiger partial charge in [-0.05, 0) is 37.1 Å². The van der Waals surface area contributed by atoms with E-state index in [1.165, 1.54) is 16.4 Å². The van der Waals surface area contributed by atoms with Crippen LogP contribution in [0.5, 0.6) is 0 Å². The third-order valence-corrected chi connectivity index (χ3v) is 6.44. The van der Waals surface area contributed by atoms with Crippen LogP contribution in [0.1, 0.15) is 12.8 Å². The van der Waals surface area contributed by atoms with Crippen LogP contribution in [0.3, 0.4) is 0 Å². The Morgan fingerprint density at radius 3 is 1.91 bits per heavy atom. The molecule has 8 nitrogen and oxygen atoms in total. The Morgan fingerprint density at radius 2 is 1.50 bits per heavy atom. The predicted molar refractivity (Wildman–Crippen MR) is 76.9 cm³/mol. The van der Waals surface area contributed by atoms with Crippen molar-refractivity contribution in [2.24, 2.45) is 11.1 Å². The van der Waals surface area contributed by atoms with E-state index in [1.807, 2.05) is 0 Å². The fraction of sp³-hybridized carbons (Fsp3) is 0.417. The van der Waals surface area contributed by atoms with Crippen molar-refractivity contribution in [1.82, 2.24) is 4.31 Å². The van der Waals surface area contributed by atoms with Gasteiger partial charge in [0.15, 0.2) is 0 Å². The molecule has 0 spiro atoms. The number of sulfonamides is 2. The van der Waals surface area contributed by atoms with Crippen LogP contribution >= 0.6 is 0 Å². The standard InChI is InChI=1S/C12H16N2O6S2/c13-21(17,18)10-1-3-11(4-2-10)22(19,20)14-7-5-9(6-8-14)12(15)16/h1-4,9H,5-8H2,(H,15,16)(H2,13,17,18). The number of hydrogen-bond acceptors (Lipinski definition) is 5. The van der Waals surface area contributed by atoms with Crippen molar-refractivity contribution < 1.29 is 26.7 Å². The highest BCUT2D eigenvalue weighted by Crippen LogP contribution is 2.24. The molecule has 0 aliphatic carbocycles. The van der Waals surface area contributed by atoms with E-state index in [4.69, 9.17) is 10.2 Å². The van der Waals surface area contributed by atoms with Gasteiger partial charge in [0.2, 0.25) is 20.0 Å². The van der Waals surface area contributed by atoms with Crippen LogP contribution in [0.2, 0.25) is 0 Å². The molecule has 1 aliphatic heterocycles. The number of nitrogens with zero attached hydrogens (tertiary/aromatic N) is 1. The van der Waals surface area contributed by atoms with Crippen LogP contribution in [0, 0.1) is 5.92 Å². The number of aliphatic carboxylic acids is 1. The summed E-state index contributed by atoms with van der Waals surface area (Å²) in [5, 5.41) is 13.9. The van der Waals surface area contributed by atoms with E-state index in [0.717, 1.165) is 12.1 Å². The number of benzene rings is 1. The summed E-state index contributed by atoms with van der Waals surface area (Å²) in [6, 6.07) is 4.62. The molecule has 2 rings (SSSR count). The molecule has 1 aliphatic rings. The zero-order chi connectivity index (χ0) is 16.5. The van der Waals surface area contributed by atoms with Crippen molar-refractivity contribution in [2.75, 3.05) is 13.1 Å². The molecular weight excluding hydrogens is 332 g/mol.